The summed E-state index contributed by atoms with van der Waals surface area (Å²) in [7, 11) is -3.17. The normalized spacial score (nSPS) is 19.3. The summed E-state index contributed by atoms with van der Waals surface area (Å²) in [6, 6.07) is 8.81. The van der Waals surface area contributed by atoms with E-state index in [0.717, 1.165) is 5.56 Å². The van der Waals surface area contributed by atoms with Gasteiger partial charge >= 0.3 is 0 Å². The average Bonchev–Trinajstić information content (AvgIpc) is 3.11. The molecule has 7 nitrogen and oxygen atoms in total. The number of para-hydroxylation sites is 1. The van der Waals surface area contributed by atoms with E-state index >= 15 is 0 Å². The van der Waals surface area contributed by atoms with Crippen molar-refractivity contribution in [2.75, 3.05) is 24.7 Å². The van der Waals surface area contributed by atoms with Gasteiger partial charge in [-0.3, -0.25) is 9.48 Å². The molecule has 0 N–H and O–H groups in total. The van der Waals surface area contributed by atoms with Crippen LogP contribution in [0, 0.1) is 0 Å². The number of ether oxygens (including phenoxy) is 1. The summed E-state index contributed by atoms with van der Waals surface area (Å²) in [4.78, 5) is 14.3. The predicted molar refractivity (Wildman–Crippen MR) is 97.6 cm³/mol. The largest absolute Gasteiger partial charge is 0.493 e. The molecule has 0 spiro atoms. The zero-order chi connectivity index (χ0) is 18.6. The van der Waals surface area contributed by atoms with Crippen LogP contribution in [0.5, 0.6) is 5.75 Å². The first-order chi connectivity index (χ1) is 12.5. The summed E-state index contributed by atoms with van der Waals surface area (Å²) in [5.41, 5.74) is 0.757. The third-order valence-corrected chi connectivity index (χ3v) is 6.07. The maximum absolute atomic E-state index is 12.7. The van der Waals surface area contributed by atoms with Crippen LogP contribution in [0.25, 0.3) is 0 Å². The van der Waals surface area contributed by atoms with Gasteiger partial charge in [0.2, 0.25) is 5.91 Å². The Balaban J connectivity index is 1.67. The molecule has 1 atom stereocenters. The molecule has 1 amide bonds. The molecular formula is C18H23N3O4S. The van der Waals surface area contributed by atoms with Gasteiger partial charge in [-0.25, -0.2) is 8.42 Å². The third-order valence-electron chi connectivity index (χ3n) is 4.44. The Hall–Kier alpha value is -2.35. The van der Waals surface area contributed by atoms with Crippen LogP contribution in [0.15, 0.2) is 42.7 Å². The fourth-order valence-electron chi connectivity index (χ4n) is 3.02. The molecule has 3 rings (SSSR count). The summed E-state index contributed by atoms with van der Waals surface area (Å²) in [5.74, 6) is 0.539. The number of nitrogens with zero attached hydrogens (tertiary/aromatic N) is 3. The second-order valence-electron chi connectivity index (χ2n) is 6.26. The lowest BCUT2D eigenvalue weighted by Gasteiger charge is -2.35. The van der Waals surface area contributed by atoms with Gasteiger partial charge in [0.25, 0.3) is 0 Å². The zero-order valence-corrected chi connectivity index (χ0v) is 15.6. The van der Waals surface area contributed by atoms with E-state index in [1.165, 1.54) is 0 Å². The van der Waals surface area contributed by atoms with E-state index < -0.39 is 15.9 Å². The van der Waals surface area contributed by atoms with Gasteiger partial charge in [-0.1, -0.05) is 18.2 Å². The maximum Gasteiger partial charge on any atom is 0.226 e. The van der Waals surface area contributed by atoms with E-state index in [1.807, 2.05) is 43.5 Å². The SMILES string of the molecule is CCn1cc(C2CS(=O)(=O)CCN2C(=O)CCOc2ccccc2)cn1. The summed E-state index contributed by atoms with van der Waals surface area (Å²) < 4.78 is 31.5. The van der Waals surface area contributed by atoms with Gasteiger partial charge < -0.3 is 9.64 Å². The van der Waals surface area contributed by atoms with Crippen LogP contribution in [0.3, 0.4) is 0 Å². The molecule has 1 aromatic heterocycles. The fraction of sp³-hybridized carbons (Fsp3) is 0.444. The topological polar surface area (TPSA) is 81.5 Å². The minimum Gasteiger partial charge on any atom is -0.493 e. The Bertz CT molecular complexity index is 848. The van der Waals surface area contributed by atoms with Crippen LogP contribution in [0.2, 0.25) is 0 Å². The van der Waals surface area contributed by atoms with Gasteiger partial charge in [0.15, 0.2) is 9.84 Å². The minimum atomic E-state index is -3.17. The molecule has 1 unspecified atom stereocenters. The van der Waals surface area contributed by atoms with Gasteiger partial charge in [-0.15, -0.1) is 0 Å². The molecule has 0 radical (unpaired) electrons. The number of sulfone groups is 1. The molecule has 0 bridgehead atoms. The molecule has 2 aromatic rings. The van der Waals surface area contributed by atoms with Gasteiger partial charge in [0.05, 0.1) is 36.8 Å². The summed E-state index contributed by atoms with van der Waals surface area (Å²) in [5, 5.41) is 4.21. The van der Waals surface area contributed by atoms with Gasteiger partial charge in [0.1, 0.15) is 5.75 Å². The first kappa shape index (κ1) is 18.4. The van der Waals surface area contributed by atoms with Crippen LogP contribution >= 0.6 is 0 Å². The zero-order valence-electron chi connectivity index (χ0n) is 14.7. The number of amides is 1. The van der Waals surface area contributed by atoms with E-state index in [9.17, 15) is 13.2 Å². The standard InChI is InChI=1S/C18H23N3O4S/c1-2-20-13-15(12-19-20)17-14-26(23,24)11-9-21(17)18(22)8-10-25-16-6-4-3-5-7-16/h3-7,12-13,17H,2,8-11,14H2,1H3. The lowest BCUT2D eigenvalue weighted by molar-refractivity contribution is -0.133. The second-order valence-corrected chi connectivity index (χ2v) is 8.49. The molecule has 0 saturated carbocycles. The third kappa shape index (κ3) is 4.43. The molecule has 8 heteroatoms. The predicted octanol–water partition coefficient (Wildman–Crippen LogP) is 1.67. The molecular weight excluding hydrogens is 354 g/mol. The number of hydrogen-bond acceptors (Lipinski definition) is 5. The Labute approximate surface area is 153 Å². The Morgan fingerprint density at radius 2 is 2.08 bits per heavy atom. The van der Waals surface area contributed by atoms with Crippen molar-refractivity contribution < 1.29 is 17.9 Å². The van der Waals surface area contributed by atoms with Gasteiger partial charge in [-0.2, -0.15) is 5.10 Å². The van der Waals surface area contributed by atoms with E-state index in [0.29, 0.717) is 12.3 Å². The Kier molecular flexibility index (Phi) is 5.61. The Morgan fingerprint density at radius 3 is 2.77 bits per heavy atom. The number of benzene rings is 1. The number of rotatable bonds is 6. The number of carbonyl (C=O) groups excluding carboxylic acids is 1. The molecule has 1 aliphatic rings. The lowest BCUT2D eigenvalue weighted by atomic mass is 10.1. The van der Waals surface area contributed by atoms with Crippen molar-refractivity contribution >= 4 is 15.7 Å². The van der Waals surface area contributed by atoms with Crippen LogP contribution in [-0.4, -0.2) is 53.7 Å². The fourth-order valence-corrected chi connectivity index (χ4v) is 4.52. The smallest absolute Gasteiger partial charge is 0.226 e. The number of hydrogen-bond donors (Lipinski definition) is 0. The lowest BCUT2D eigenvalue weighted by Crippen LogP contribution is -2.46. The molecule has 1 aromatic carbocycles. The number of aromatic nitrogens is 2. The molecule has 0 aliphatic carbocycles. The summed E-state index contributed by atoms with van der Waals surface area (Å²) >= 11 is 0. The van der Waals surface area contributed by atoms with Crippen molar-refractivity contribution in [2.45, 2.75) is 25.9 Å². The van der Waals surface area contributed by atoms with Crippen LogP contribution in [0.4, 0.5) is 0 Å². The van der Waals surface area contributed by atoms with Gasteiger partial charge in [0, 0.05) is 24.8 Å². The van der Waals surface area contributed by atoms with Crippen molar-refractivity contribution in [2.24, 2.45) is 0 Å². The van der Waals surface area contributed by atoms with Crippen LogP contribution in [0.1, 0.15) is 24.9 Å². The average molecular weight is 377 g/mol. The minimum absolute atomic E-state index is 0.00328. The highest BCUT2D eigenvalue weighted by Crippen LogP contribution is 2.27. The van der Waals surface area contributed by atoms with Crippen molar-refractivity contribution in [1.82, 2.24) is 14.7 Å². The van der Waals surface area contributed by atoms with Crippen molar-refractivity contribution in [3.8, 4) is 5.75 Å². The highest BCUT2D eigenvalue weighted by atomic mass is 32.2. The number of aryl methyl sites for hydroxylation is 1. The summed E-state index contributed by atoms with van der Waals surface area (Å²) in [6.45, 7) is 3.11. The van der Waals surface area contributed by atoms with E-state index in [2.05, 4.69) is 5.10 Å². The number of carbonyl (C=O) groups is 1. The second kappa shape index (κ2) is 7.90. The van der Waals surface area contributed by atoms with E-state index in [-0.39, 0.29) is 37.0 Å². The molecule has 1 aliphatic heterocycles. The Morgan fingerprint density at radius 1 is 1.31 bits per heavy atom. The van der Waals surface area contributed by atoms with E-state index in [4.69, 9.17) is 4.74 Å². The summed E-state index contributed by atoms with van der Waals surface area (Å²) in [6.07, 6.45) is 3.66. The first-order valence-electron chi connectivity index (χ1n) is 8.68. The monoisotopic (exact) mass is 377 g/mol. The maximum atomic E-state index is 12.7. The van der Waals surface area contributed by atoms with Crippen LogP contribution < -0.4 is 4.74 Å². The molecule has 1 fully saturated rings. The van der Waals surface area contributed by atoms with Crippen LogP contribution in [-0.2, 0) is 21.2 Å². The molecule has 2 heterocycles. The highest BCUT2D eigenvalue weighted by molar-refractivity contribution is 7.91. The molecule has 26 heavy (non-hydrogen) atoms. The van der Waals surface area contributed by atoms with Crippen molar-refractivity contribution in [1.29, 1.82) is 0 Å². The molecule has 1 saturated heterocycles. The quantitative estimate of drug-likeness (QED) is 0.765. The highest BCUT2D eigenvalue weighted by Gasteiger charge is 2.35. The van der Waals surface area contributed by atoms with Crippen molar-refractivity contribution in [3.63, 3.8) is 0 Å². The van der Waals surface area contributed by atoms with E-state index in [1.54, 1.807) is 15.8 Å². The molecule has 140 valence electrons. The first-order valence-corrected chi connectivity index (χ1v) is 10.5. The van der Waals surface area contributed by atoms with Crippen molar-refractivity contribution in [3.05, 3.63) is 48.3 Å². The van der Waals surface area contributed by atoms with Gasteiger partial charge in [-0.05, 0) is 19.1 Å².